The summed E-state index contributed by atoms with van der Waals surface area (Å²) in [4.78, 5) is 12.0. The van der Waals surface area contributed by atoms with Crippen LogP contribution in [-0.2, 0) is 11.2 Å². The lowest BCUT2D eigenvalue weighted by atomic mass is 10.1. The largest absolute Gasteiger partial charge is 0.484 e. The van der Waals surface area contributed by atoms with Crippen LogP contribution in [0.15, 0.2) is 42.5 Å². The van der Waals surface area contributed by atoms with Crippen molar-refractivity contribution in [2.45, 2.75) is 26.2 Å². The molecule has 2 aromatic rings. The Balaban J connectivity index is 1.48. The Bertz CT molecular complexity index is 697. The highest BCUT2D eigenvalue weighted by molar-refractivity contribution is 5.91. The third-order valence-corrected chi connectivity index (χ3v) is 3.77. The van der Waals surface area contributed by atoms with Gasteiger partial charge in [-0.1, -0.05) is 25.5 Å². The van der Waals surface area contributed by atoms with Crippen LogP contribution in [0.2, 0.25) is 0 Å². The predicted octanol–water partition coefficient (Wildman–Crippen LogP) is 3.78. The minimum atomic E-state index is -0.200. The molecule has 0 atom stereocenters. The number of fused-ring (bicyclic) bond motifs is 1. The number of benzene rings is 2. The molecule has 0 fully saturated rings. The van der Waals surface area contributed by atoms with Crippen molar-refractivity contribution in [1.29, 1.82) is 0 Å². The van der Waals surface area contributed by atoms with E-state index in [4.69, 9.17) is 14.2 Å². The summed E-state index contributed by atoms with van der Waals surface area (Å²) >= 11 is 0. The third-order valence-electron chi connectivity index (χ3n) is 3.77. The molecule has 0 aliphatic carbocycles. The van der Waals surface area contributed by atoms with Gasteiger partial charge in [-0.2, -0.15) is 0 Å². The minimum Gasteiger partial charge on any atom is -0.484 e. The molecule has 0 bridgehead atoms. The standard InChI is InChI=1S/C19H21NO4/c1-2-3-4-14-5-7-15(8-6-14)20-19(21)12-22-16-9-10-17-18(11-16)24-13-23-17/h5-11H,2-4,12-13H2,1H3,(H,20,21). The maximum absolute atomic E-state index is 12.0. The molecule has 5 nitrogen and oxygen atoms in total. The van der Waals surface area contributed by atoms with Crippen LogP contribution in [0.1, 0.15) is 25.3 Å². The van der Waals surface area contributed by atoms with Crippen LogP contribution in [0.25, 0.3) is 0 Å². The second-order valence-corrected chi connectivity index (χ2v) is 5.65. The number of ether oxygens (including phenoxy) is 3. The fraction of sp³-hybridized carbons (Fsp3) is 0.316. The Hall–Kier alpha value is -2.69. The zero-order chi connectivity index (χ0) is 16.8. The molecule has 0 aromatic heterocycles. The Morgan fingerprint density at radius 1 is 1.12 bits per heavy atom. The van der Waals surface area contributed by atoms with Crippen LogP contribution in [0.4, 0.5) is 5.69 Å². The number of carbonyl (C=O) groups excluding carboxylic acids is 1. The lowest BCUT2D eigenvalue weighted by Gasteiger charge is -2.09. The molecule has 1 heterocycles. The van der Waals surface area contributed by atoms with E-state index in [-0.39, 0.29) is 19.3 Å². The van der Waals surface area contributed by atoms with Gasteiger partial charge in [-0.05, 0) is 42.7 Å². The van der Waals surface area contributed by atoms with E-state index in [0.29, 0.717) is 17.2 Å². The number of nitrogens with one attached hydrogen (secondary N) is 1. The number of hydrogen-bond donors (Lipinski definition) is 1. The number of rotatable bonds is 7. The number of hydrogen-bond acceptors (Lipinski definition) is 4. The zero-order valence-corrected chi connectivity index (χ0v) is 13.7. The van der Waals surface area contributed by atoms with Gasteiger partial charge in [0.25, 0.3) is 5.91 Å². The summed E-state index contributed by atoms with van der Waals surface area (Å²) < 4.78 is 16.0. The van der Waals surface area contributed by atoms with E-state index in [0.717, 1.165) is 12.1 Å². The molecular formula is C19H21NO4. The molecule has 1 aliphatic heterocycles. The number of carbonyl (C=O) groups is 1. The Morgan fingerprint density at radius 3 is 2.71 bits per heavy atom. The average Bonchev–Trinajstić information content (AvgIpc) is 3.07. The van der Waals surface area contributed by atoms with Crippen molar-refractivity contribution in [3.05, 3.63) is 48.0 Å². The molecule has 1 N–H and O–H groups in total. The summed E-state index contributed by atoms with van der Waals surface area (Å²) in [6.07, 6.45) is 3.42. The predicted molar refractivity (Wildman–Crippen MR) is 91.7 cm³/mol. The molecule has 1 aliphatic rings. The second-order valence-electron chi connectivity index (χ2n) is 5.65. The van der Waals surface area contributed by atoms with Gasteiger partial charge >= 0.3 is 0 Å². The van der Waals surface area contributed by atoms with Crippen molar-refractivity contribution < 1.29 is 19.0 Å². The molecule has 5 heteroatoms. The van der Waals surface area contributed by atoms with Gasteiger partial charge in [0.1, 0.15) is 5.75 Å². The summed E-state index contributed by atoms with van der Waals surface area (Å²) in [7, 11) is 0. The van der Waals surface area contributed by atoms with Crippen LogP contribution in [-0.4, -0.2) is 19.3 Å². The van der Waals surface area contributed by atoms with E-state index < -0.39 is 0 Å². The SMILES string of the molecule is CCCCc1ccc(NC(=O)COc2ccc3c(c2)OCO3)cc1. The van der Waals surface area contributed by atoms with Crippen LogP contribution in [0, 0.1) is 0 Å². The highest BCUT2D eigenvalue weighted by atomic mass is 16.7. The minimum absolute atomic E-state index is 0.0583. The van der Waals surface area contributed by atoms with Crippen molar-refractivity contribution in [2.75, 3.05) is 18.7 Å². The quantitative estimate of drug-likeness (QED) is 0.841. The monoisotopic (exact) mass is 327 g/mol. The summed E-state index contributed by atoms with van der Waals surface area (Å²) in [5.41, 5.74) is 2.06. The molecule has 2 aromatic carbocycles. The highest BCUT2D eigenvalue weighted by Crippen LogP contribution is 2.35. The molecule has 0 saturated heterocycles. The Labute approximate surface area is 141 Å². The normalized spacial score (nSPS) is 12.0. The van der Waals surface area contributed by atoms with Gasteiger partial charge in [0.15, 0.2) is 18.1 Å². The van der Waals surface area contributed by atoms with Gasteiger partial charge in [-0.3, -0.25) is 4.79 Å². The van der Waals surface area contributed by atoms with Crippen molar-refractivity contribution >= 4 is 11.6 Å². The molecule has 126 valence electrons. The zero-order valence-electron chi connectivity index (χ0n) is 13.7. The van der Waals surface area contributed by atoms with Gasteiger partial charge in [0, 0.05) is 11.8 Å². The number of aryl methyl sites for hydroxylation is 1. The van der Waals surface area contributed by atoms with E-state index >= 15 is 0 Å². The van der Waals surface area contributed by atoms with Gasteiger partial charge < -0.3 is 19.5 Å². The van der Waals surface area contributed by atoms with E-state index in [2.05, 4.69) is 12.2 Å². The number of unbranched alkanes of at least 4 members (excludes halogenated alkanes) is 1. The van der Waals surface area contributed by atoms with Crippen molar-refractivity contribution in [3.8, 4) is 17.2 Å². The maximum Gasteiger partial charge on any atom is 0.262 e. The molecule has 3 rings (SSSR count). The fourth-order valence-electron chi connectivity index (χ4n) is 2.45. The molecule has 0 spiro atoms. The van der Waals surface area contributed by atoms with Gasteiger partial charge in [0.2, 0.25) is 6.79 Å². The first-order chi connectivity index (χ1) is 11.7. The van der Waals surface area contributed by atoms with E-state index in [1.807, 2.05) is 24.3 Å². The smallest absolute Gasteiger partial charge is 0.262 e. The number of anilines is 1. The van der Waals surface area contributed by atoms with Crippen LogP contribution in [0.3, 0.4) is 0 Å². The first kappa shape index (κ1) is 16.2. The van der Waals surface area contributed by atoms with Crippen molar-refractivity contribution in [1.82, 2.24) is 0 Å². The third kappa shape index (κ3) is 4.19. The lowest BCUT2D eigenvalue weighted by molar-refractivity contribution is -0.118. The second kappa shape index (κ2) is 7.73. The van der Waals surface area contributed by atoms with E-state index in [9.17, 15) is 4.79 Å². The molecule has 0 unspecified atom stereocenters. The van der Waals surface area contributed by atoms with Crippen LogP contribution >= 0.6 is 0 Å². The van der Waals surface area contributed by atoms with Crippen LogP contribution < -0.4 is 19.5 Å². The van der Waals surface area contributed by atoms with Crippen molar-refractivity contribution in [3.63, 3.8) is 0 Å². The first-order valence-corrected chi connectivity index (χ1v) is 8.16. The molecular weight excluding hydrogens is 306 g/mol. The lowest BCUT2D eigenvalue weighted by Crippen LogP contribution is -2.20. The number of amides is 1. The topological polar surface area (TPSA) is 56.8 Å². The van der Waals surface area contributed by atoms with Gasteiger partial charge in [-0.25, -0.2) is 0 Å². The van der Waals surface area contributed by atoms with Gasteiger partial charge in [-0.15, -0.1) is 0 Å². The fourth-order valence-corrected chi connectivity index (χ4v) is 2.45. The van der Waals surface area contributed by atoms with Crippen molar-refractivity contribution in [2.24, 2.45) is 0 Å². The molecule has 1 amide bonds. The Morgan fingerprint density at radius 2 is 1.92 bits per heavy atom. The highest BCUT2D eigenvalue weighted by Gasteiger charge is 2.14. The van der Waals surface area contributed by atoms with E-state index in [1.165, 1.54) is 18.4 Å². The first-order valence-electron chi connectivity index (χ1n) is 8.16. The van der Waals surface area contributed by atoms with E-state index in [1.54, 1.807) is 18.2 Å². The molecule has 0 radical (unpaired) electrons. The summed E-state index contributed by atoms with van der Waals surface area (Å²) in [5, 5.41) is 2.83. The summed E-state index contributed by atoms with van der Waals surface area (Å²) in [5.74, 6) is 1.70. The average molecular weight is 327 g/mol. The summed E-state index contributed by atoms with van der Waals surface area (Å²) in [6, 6.07) is 13.2. The van der Waals surface area contributed by atoms with Gasteiger partial charge in [0.05, 0.1) is 0 Å². The molecule has 0 saturated carbocycles. The Kier molecular flexibility index (Phi) is 5.21. The van der Waals surface area contributed by atoms with Crippen LogP contribution in [0.5, 0.6) is 17.2 Å². The maximum atomic E-state index is 12.0. The summed E-state index contributed by atoms with van der Waals surface area (Å²) in [6.45, 7) is 2.33. The molecule has 24 heavy (non-hydrogen) atoms.